The summed E-state index contributed by atoms with van der Waals surface area (Å²) < 4.78 is 4.88. The predicted molar refractivity (Wildman–Crippen MR) is 70.1 cm³/mol. The summed E-state index contributed by atoms with van der Waals surface area (Å²) >= 11 is 0. The number of hydrogen-bond acceptors (Lipinski definition) is 4. The van der Waals surface area contributed by atoms with Gasteiger partial charge in [0.25, 0.3) is 0 Å². The van der Waals surface area contributed by atoms with Crippen LogP contribution in [0.4, 0.5) is 5.69 Å². The Hall–Kier alpha value is -1.59. The van der Waals surface area contributed by atoms with Crippen LogP contribution in [0, 0.1) is 0 Å². The monoisotopic (exact) mass is 252 g/mol. The second-order valence-electron chi connectivity index (χ2n) is 4.15. The maximum absolute atomic E-state index is 11.6. The number of carbonyl (C=O) groups excluding carboxylic acids is 1. The molecule has 1 amide bonds. The van der Waals surface area contributed by atoms with E-state index in [1.165, 1.54) is 7.11 Å². The highest BCUT2D eigenvalue weighted by molar-refractivity contribution is 5.76. The number of rotatable bonds is 7. The lowest BCUT2D eigenvalue weighted by atomic mass is 10.1. The summed E-state index contributed by atoms with van der Waals surface area (Å²) in [6, 6.07) is 7.12. The van der Waals surface area contributed by atoms with E-state index in [2.05, 4.69) is 5.32 Å². The molecule has 0 aliphatic rings. The molecule has 1 atom stereocenters. The van der Waals surface area contributed by atoms with Crippen LogP contribution in [0.15, 0.2) is 24.3 Å². The Kier molecular flexibility index (Phi) is 6.18. The maximum atomic E-state index is 11.6. The van der Waals surface area contributed by atoms with Crippen molar-refractivity contribution in [3.05, 3.63) is 29.8 Å². The summed E-state index contributed by atoms with van der Waals surface area (Å²) in [6.07, 6.45) is 0.992. The Morgan fingerprint density at radius 3 is 2.94 bits per heavy atom. The number of aryl methyl sites for hydroxylation is 1. The van der Waals surface area contributed by atoms with Gasteiger partial charge in [0.15, 0.2) is 0 Å². The minimum Gasteiger partial charge on any atom is -0.399 e. The Bertz CT molecular complexity index is 382. The van der Waals surface area contributed by atoms with Crippen molar-refractivity contribution < 1.29 is 14.6 Å². The van der Waals surface area contributed by atoms with Crippen LogP contribution in [-0.2, 0) is 16.0 Å². The van der Waals surface area contributed by atoms with Gasteiger partial charge >= 0.3 is 0 Å². The van der Waals surface area contributed by atoms with Crippen molar-refractivity contribution in [3.63, 3.8) is 0 Å². The molecular weight excluding hydrogens is 232 g/mol. The largest absolute Gasteiger partial charge is 0.399 e. The average molecular weight is 252 g/mol. The molecule has 1 rings (SSSR count). The van der Waals surface area contributed by atoms with Crippen LogP contribution in [0.3, 0.4) is 0 Å². The molecule has 18 heavy (non-hydrogen) atoms. The number of hydrogen-bond donors (Lipinski definition) is 3. The second-order valence-corrected chi connectivity index (χ2v) is 4.15. The molecule has 0 heterocycles. The molecule has 4 N–H and O–H groups in total. The van der Waals surface area contributed by atoms with Crippen molar-refractivity contribution in [3.8, 4) is 0 Å². The number of aliphatic hydroxyl groups excluding tert-OH is 1. The van der Waals surface area contributed by atoms with E-state index in [1.54, 1.807) is 0 Å². The van der Waals surface area contributed by atoms with E-state index in [9.17, 15) is 4.79 Å². The minimum absolute atomic E-state index is 0.103. The number of anilines is 1. The topological polar surface area (TPSA) is 84.6 Å². The summed E-state index contributed by atoms with van der Waals surface area (Å²) in [5, 5.41) is 11.7. The van der Waals surface area contributed by atoms with Crippen LogP contribution >= 0.6 is 0 Å². The predicted octanol–water partition coefficient (Wildman–Crippen LogP) is 0.325. The number of benzene rings is 1. The number of nitrogens with one attached hydrogen (secondary N) is 1. The standard InChI is InChI=1S/C13H20N2O3/c1-18-9-12(8-16)15-13(17)6-5-10-3-2-4-11(14)7-10/h2-4,7,12,16H,5-6,8-9,14H2,1H3,(H,15,17). The van der Waals surface area contributed by atoms with Gasteiger partial charge in [0.05, 0.1) is 19.3 Å². The summed E-state index contributed by atoms with van der Waals surface area (Å²) in [5.41, 5.74) is 7.38. The fourth-order valence-electron chi connectivity index (χ4n) is 1.65. The van der Waals surface area contributed by atoms with E-state index in [0.717, 1.165) is 5.56 Å². The zero-order valence-electron chi connectivity index (χ0n) is 10.6. The van der Waals surface area contributed by atoms with Gasteiger partial charge in [0.1, 0.15) is 0 Å². The molecule has 0 saturated carbocycles. The number of methoxy groups -OCH3 is 1. The molecule has 0 radical (unpaired) electrons. The molecular formula is C13H20N2O3. The first kappa shape index (κ1) is 14.5. The highest BCUT2D eigenvalue weighted by atomic mass is 16.5. The molecule has 0 saturated heterocycles. The van der Waals surface area contributed by atoms with Gasteiger partial charge in [-0.15, -0.1) is 0 Å². The molecule has 1 aromatic rings. The SMILES string of the molecule is COCC(CO)NC(=O)CCc1cccc(N)c1. The van der Waals surface area contributed by atoms with E-state index >= 15 is 0 Å². The van der Waals surface area contributed by atoms with Crippen molar-refractivity contribution >= 4 is 11.6 Å². The second kappa shape index (κ2) is 7.68. The van der Waals surface area contributed by atoms with Gasteiger partial charge in [0.2, 0.25) is 5.91 Å². The molecule has 5 heteroatoms. The molecule has 0 fully saturated rings. The van der Waals surface area contributed by atoms with Crippen molar-refractivity contribution in [2.24, 2.45) is 0 Å². The lowest BCUT2D eigenvalue weighted by molar-refractivity contribution is -0.122. The van der Waals surface area contributed by atoms with Crippen LogP contribution in [0.2, 0.25) is 0 Å². The van der Waals surface area contributed by atoms with Crippen molar-refractivity contribution in [2.45, 2.75) is 18.9 Å². The molecule has 0 aliphatic heterocycles. The number of aliphatic hydroxyl groups is 1. The van der Waals surface area contributed by atoms with Crippen LogP contribution in [0.5, 0.6) is 0 Å². The third-order valence-corrected chi connectivity index (χ3v) is 2.55. The van der Waals surface area contributed by atoms with Crippen LogP contribution < -0.4 is 11.1 Å². The zero-order chi connectivity index (χ0) is 13.4. The van der Waals surface area contributed by atoms with Crippen LogP contribution in [-0.4, -0.2) is 37.4 Å². The van der Waals surface area contributed by atoms with Gasteiger partial charge in [-0.2, -0.15) is 0 Å². The molecule has 0 aromatic heterocycles. The summed E-state index contributed by atoms with van der Waals surface area (Å²) in [4.78, 5) is 11.6. The Labute approximate surface area is 107 Å². The molecule has 100 valence electrons. The van der Waals surface area contributed by atoms with E-state index in [1.807, 2.05) is 24.3 Å². The average Bonchev–Trinajstić information content (AvgIpc) is 2.36. The fourth-order valence-corrected chi connectivity index (χ4v) is 1.65. The Balaban J connectivity index is 2.36. The number of nitrogens with two attached hydrogens (primary N) is 1. The Morgan fingerprint density at radius 2 is 2.33 bits per heavy atom. The summed E-state index contributed by atoms with van der Waals surface area (Å²) in [5.74, 6) is -0.103. The summed E-state index contributed by atoms with van der Waals surface area (Å²) in [6.45, 7) is 0.179. The minimum atomic E-state index is -0.344. The van der Waals surface area contributed by atoms with E-state index in [0.29, 0.717) is 25.1 Å². The first-order valence-electron chi connectivity index (χ1n) is 5.89. The van der Waals surface area contributed by atoms with E-state index in [4.69, 9.17) is 15.6 Å². The lowest BCUT2D eigenvalue weighted by Gasteiger charge is -2.15. The number of nitrogen functional groups attached to an aromatic ring is 1. The van der Waals surface area contributed by atoms with Gasteiger partial charge in [-0.3, -0.25) is 4.79 Å². The highest BCUT2D eigenvalue weighted by Crippen LogP contribution is 2.08. The fraction of sp³-hybridized carbons (Fsp3) is 0.462. The van der Waals surface area contributed by atoms with Gasteiger partial charge in [-0.1, -0.05) is 12.1 Å². The molecule has 1 aromatic carbocycles. The van der Waals surface area contributed by atoms with Crippen molar-refractivity contribution in [2.75, 3.05) is 26.1 Å². The Morgan fingerprint density at radius 1 is 1.56 bits per heavy atom. The lowest BCUT2D eigenvalue weighted by Crippen LogP contribution is -2.40. The van der Waals surface area contributed by atoms with Crippen LogP contribution in [0.1, 0.15) is 12.0 Å². The number of carbonyl (C=O) groups is 1. The molecule has 1 unspecified atom stereocenters. The third kappa shape index (κ3) is 5.16. The molecule has 5 nitrogen and oxygen atoms in total. The number of amides is 1. The van der Waals surface area contributed by atoms with E-state index < -0.39 is 0 Å². The summed E-state index contributed by atoms with van der Waals surface area (Å²) in [7, 11) is 1.53. The van der Waals surface area contributed by atoms with Gasteiger partial charge < -0.3 is 20.9 Å². The smallest absolute Gasteiger partial charge is 0.220 e. The van der Waals surface area contributed by atoms with Gasteiger partial charge in [-0.25, -0.2) is 0 Å². The number of ether oxygens (including phenoxy) is 1. The normalized spacial score (nSPS) is 12.1. The molecule has 0 bridgehead atoms. The zero-order valence-corrected chi connectivity index (χ0v) is 10.6. The third-order valence-electron chi connectivity index (χ3n) is 2.55. The van der Waals surface area contributed by atoms with Crippen LogP contribution in [0.25, 0.3) is 0 Å². The van der Waals surface area contributed by atoms with E-state index in [-0.39, 0.29) is 18.6 Å². The highest BCUT2D eigenvalue weighted by Gasteiger charge is 2.10. The molecule has 0 spiro atoms. The van der Waals surface area contributed by atoms with Crippen molar-refractivity contribution in [1.82, 2.24) is 5.32 Å². The van der Waals surface area contributed by atoms with Gasteiger partial charge in [0, 0.05) is 19.2 Å². The first-order valence-corrected chi connectivity index (χ1v) is 5.89. The molecule has 0 aliphatic carbocycles. The first-order chi connectivity index (χ1) is 8.65. The quantitative estimate of drug-likeness (QED) is 0.610. The van der Waals surface area contributed by atoms with Gasteiger partial charge in [-0.05, 0) is 24.1 Å². The maximum Gasteiger partial charge on any atom is 0.220 e. The van der Waals surface area contributed by atoms with Crippen molar-refractivity contribution in [1.29, 1.82) is 0 Å².